The van der Waals surface area contributed by atoms with Gasteiger partial charge in [-0.25, -0.2) is 4.79 Å². The van der Waals surface area contributed by atoms with Crippen molar-refractivity contribution in [3.8, 4) is 11.5 Å². The number of alkyl halides is 1. The van der Waals surface area contributed by atoms with Gasteiger partial charge in [0.2, 0.25) is 6.10 Å². The number of fused-ring (bicyclic) bond motifs is 1. The lowest BCUT2D eigenvalue weighted by Gasteiger charge is -2.48. The Morgan fingerprint density at radius 3 is 2.37 bits per heavy atom. The second kappa shape index (κ2) is 8.84. The molecule has 0 saturated carbocycles. The third-order valence-corrected chi connectivity index (χ3v) is 8.62. The van der Waals surface area contributed by atoms with E-state index in [0.717, 1.165) is 3.58 Å². The number of carbonyl (C=O) groups excluding carboxylic acids is 2. The molecule has 0 radical (unpaired) electrons. The molecule has 9 heteroatoms. The lowest BCUT2D eigenvalue weighted by Crippen LogP contribution is -2.58. The van der Waals surface area contributed by atoms with Crippen molar-refractivity contribution in [3.05, 3.63) is 76.2 Å². The van der Waals surface area contributed by atoms with Crippen molar-refractivity contribution in [2.75, 3.05) is 0 Å². The Kier molecular flexibility index (Phi) is 6.71. The van der Waals surface area contributed by atoms with Gasteiger partial charge in [-0.1, -0.05) is 40.8 Å². The van der Waals surface area contributed by atoms with Crippen LogP contribution < -0.4 is 4.74 Å². The molecule has 1 heterocycles. The number of allylic oxidation sites excluding steroid dienone is 3. The molecule has 1 saturated heterocycles. The van der Waals surface area contributed by atoms with Crippen molar-refractivity contribution >= 4 is 102 Å². The van der Waals surface area contributed by atoms with Crippen LogP contribution in [-0.4, -0.2) is 26.4 Å². The van der Waals surface area contributed by atoms with Crippen LogP contribution in [0.15, 0.2) is 63.5 Å². The molecule has 2 unspecified atom stereocenters. The highest BCUT2D eigenvalue weighted by Crippen LogP contribution is 2.54. The minimum Gasteiger partial charge on any atom is -0.506 e. The number of benzene rings is 2. The lowest BCUT2D eigenvalue weighted by molar-refractivity contribution is -0.155. The molecule has 0 bridgehead atoms. The third-order valence-electron chi connectivity index (χ3n) is 4.74. The highest BCUT2D eigenvalue weighted by molar-refractivity contribution is 14.1. The van der Waals surface area contributed by atoms with E-state index in [4.69, 9.17) is 9.47 Å². The van der Waals surface area contributed by atoms with Crippen LogP contribution in [0, 0.1) is 7.14 Å². The molecule has 2 aliphatic rings. The maximum absolute atomic E-state index is 13.2. The fraction of sp³-hybridized carbons (Fsp3) is 0.143. The summed E-state index contributed by atoms with van der Waals surface area (Å²) in [6, 6.07) is 12.2. The van der Waals surface area contributed by atoms with Gasteiger partial charge in [0.15, 0.2) is 5.78 Å². The standard InChI is InChI=1S/C21H12I4O5/c22-13-6-10(7-14(23)17(13)27)16(26)11-8-15(24)18-21(25,9-11)19(30-18)20(28)29-12-4-2-1-3-5-12/h1-8,19,27H,9H2. The van der Waals surface area contributed by atoms with Crippen molar-refractivity contribution in [1.29, 1.82) is 0 Å². The van der Waals surface area contributed by atoms with E-state index >= 15 is 0 Å². The largest absolute Gasteiger partial charge is 0.506 e. The van der Waals surface area contributed by atoms with Crippen molar-refractivity contribution < 1.29 is 24.2 Å². The summed E-state index contributed by atoms with van der Waals surface area (Å²) in [6.07, 6.45) is 1.37. The van der Waals surface area contributed by atoms with E-state index in [1.54, 1.807) is 42.5 Å². The number of phenolic OH excluding ortho intramolecular Hbond substituents is 1. The predicted octanol–water partition coefficient (Wildman–Crippen LogP) is 5.94. The normalized spacial score (nSPS) is 22.4. The average molecular weight is 852 g/mol. The lowest BCUT2D eigenvalue weighted by atomic mass is 9.81. The van der Waals surface area contributed by atoms with Gasteiger partial charge in [0.1, 0.15) is 20.7 Å². The number of aromatic hydroxyl groups is 1. The topological polar surface area (TPSA) is 72.8 Å². The van der Waals surface area contributed by atoms with Gasteiger partial charge in [-0.3, -0.25) is 4.79 Å². The Bertz CT molecular complexity index is 1100. The first-order valence-electron chi connectivity index (χ1n) is 8.66. The van der Waals surface area contributed by atoms with Crippen LogP contribution in [0.25, 0.3) is 0 Å². The van der Waals surface area contributed by atoms with Crippen LogP contribution >= 0.6 is 90.4 Å². The zero-order valence-electron chi connectivity index (χ0n) is 15.0. The van der Waals surface area contributed by atoms with Gasteiger partial charge < -0.3 is 14.6 Å². The number of ether oxygens (including phenoxy) is 2. The molecular formula is C21H12I4O5. The number of phenols is 1. The average Bonchev–Trinajstić information content (AvgIpc) is 2.69. The van der Waals surface area contributed by atoms with Gasteiger partial charge in [-0.2, -0.15) is 0 Å². The molecule has 1 aliphatic heterocycles. The molecule has 4 rings (SSSR count). The Labute approximate surface area is 227 Å². The minimum absolute atomic E-state index is 0.128. The zero-order valence-corrected chi connectivity index (χ0v) is 23.6. The van der Waals surface area contributed by atoms with E-state index < -0.39 is 15.5 Å². The molecule has 2 atom stereocenters. The first-order chi connectivity index (χ1) is 14.2. The van der Waals surface area contributed by atoms with E-state index in [1.165, 1.54) is 0 Å². The molecule has 30 heavy (non-hydrogen) atoms. The summed E-state index contributed by atoms with van der Waals surface area (Å²) in [6.45, 7) is 0. The molecule has 0 amide bonds. The molecule has 1 aliphatic carbocycles. The van der Waals surface area contributed by atoms with Gasteiger partial charge >= 0.3 is 5.97 Å². The van der Waals surface area contributed by atoms with E-state index in [2.05, 4.69) is 45.2 Å². The number of para-hydroxylation sites is 1. The van der Waals surface area contributed by atoms with Gasteiger partial charge in [-0.15, -0.1) is 0 Å². The van der Waals surface area contributed by atoms with E-state index in [-0.39, 0.29) is 11.5 Å². The molecule has 2 aromatic rings. The summed E-state index contributed by atoms with van der Waals surface area (Å²) in [5.74, 6) is 0.714. The van der Waals surface area contributed by atoms with E-state index in [0.29, 0.717) is 36.2 Å². The van der Waals surface area contributed by atoms with Gasteiger partial charge in [0.25, 0.3) is 0 Å². The first-order valence-corrected chi connectivity index (χ1v) is 13.0. The SMILES string of the molecule is O=C(C1=CC(I)=C2OC(C(=O)Oc3ccccc3)C2(I)C1)c1cc(I)c(O)c(I)c1. The summed E-state index contributed by atoms with van der Waals surface area (Å²) < 4.78 is 12.6. The molecule has 1 N–H and O–H groups in total. The molecule has 0 spiro atoms. The van der Waals surface area contributed by atoms with Gasteiger partial charge in [0.05, 0.1) is 10.7 Å². The number of ketones is 1. The van der Waals surface area contributed by atoms with E-state index in [9.17, 15) is 14.7 Å². The predicted molar refractivity (Wildman–Crippen MR) is 145 cm³/mol. The van der Waals surface area contributed by atoms with Crippen molar-refractivity contribution in [1.82, 2.24) is 0 Å². The third kappa shape index (κ3) is 4.14. The molecule has 0 aromatic heterocycles. The Morgan fingerprint density at radius 1 is 1.10 bits per heavy atom. The molecular weight excluding hydrogens is 840 g/mol. The van der Waals surface area contributed by atoms with Gasteiger partial charge in [-0.05, 0) is 98.1 Å². The summed E-state index contributed by atoms with van der Waals surface area (Å²) in [5, 5.41) is 9.99. The van der Waals surface area contributed by atoms with Crippen LogP contribution in [0.4, 0.5) is 0 Å². The maximum Gasteiger partial charge on any atom is 0.354 e. The van der Waals surface area contributed by atoms with Crippen LogP contribution in [0.5, 0.6) is 11.5 Å². The number of esters is 1. The molecule has 2 aromatic carbocycles. The van der Waals surface area contributed by atoms with Crippen LogP contribution in [0.1, 0.15) is 16.8 Å². The van der Waals surface area contributed by atoms with Crippen molar-refractivity contribution in [3.63, 3.8) is 0 Å². The van der Waals surface area contributed by atoms with Crippen LogP contribution in [0.2, 0.25) is 0 Å². The maximum atomic E-state index is 13.2. The Balaban J connectivity index is 1.59. The van der Waals surface area contributed by atoms with Crippen LogP contribution in [0.3, 0.4) is 0 Å². The van der Waals surface area contributed by atoms with Gasteiger partial charge in [0, 0.05) is 17.6 Å². The monoisotopic (exact) mass is 852 g/mol. The first kappa shape index (κ1) is 22.8. The highest BCUT2D eigenvalue weighted by Gasteiger charge is 2.60. The summed E-state index contributed by atoms with van der Waals surface area (Å²) in [5.41, 5.74) is 1.10. The van der Waals surface area contributed by atoms with Crippen molar-refractivity contribution in [2.24, 2.45) is 0 Å². The summed E-state index contributed by atoms with van der Waals surface area (Å²) in [4.78, 5) is 25.9. The summed E-state index contributed by atoms with van der Waals surface area (Å²) >= 11 is 8.35. The molecule has 1 fully saturated rings. The number of Topliss-reactive ketones (excluding diaryl/α,β-unsaturated/α-hetero) is 1. The number of hydrogen-bond acceptors (Lipinski definition) is 5. The smallest absolute Gasteiger partial charge is 0.354 e. The summed E-state index contributed by atoms with van der Waals surface area (Å²) in [7, 11) is 0. The zero-order chi connectivity index (χ0) is 21.6. The number of hydrogen-bond donors (Lipinski definition) is 1. The van der Waals surface area contributed by atoms with Crippen molar-refractivity contribution in [2.45, 2.75) is 15.9 Å². The second-order valence-corrected chi connectivity index (χ2v) is 12.1. The Morgan fingerprint density at radius 2 is 1.73 bits per heavy atom. The number of carbonyl (C=O) groups is 2. The fourth-order valence-corrected chi connectivity index (χ4v) is 7.74. The second-order valence-electron chi connectivity index (χ2n) is 6.74. The van der Waals surface area contributed by atoms with Crippen LogP contribution in [-0.2, 0) is 9.53 Å². The fourth-order valence-electron chi connectivity index (χ4n) is 3.27. The highest BCUT2D eigenvalue weighted by atomic mass is 127. The van der Waals surface area contributed by atoms with E-state index in [1.807, 2.05) is 51.2 Å². The number of halogens is 4. The Hall–Kier alpha value is -0.420. The number of rotatable bonds is 4. The molecule has 5 nitrogen and oxygen atoms in total. The quantitative estimate of drug-likeness (QED) is 0.136. The minimum atomic E-state index is -0.797. The molecule has 154 valence electrons.